The molecule has 0 amide bonds. The third-order valence-electron chi connectivity index (χ3n) is 5.73. The Labute approximate surface area is 117 Å². The van der Waals surface area contributed by atoms with Gasteiger partial charge in [0, 0.05) is 23.7 Å². The van der Waals surface area contributed by atoms with Gasteiger partial charge in [-0.25, -0.2) is 0 Å². The summed E-state index contributed by atoms with van der Waals surface area (Å²) in [5.74, 6) is 0.937. The van der Waals surface area contributed by atoms with Gasteiger partial charge in [-0.05, 0) is 71.3 Å². The van der Waals surface area contributed by atoms with Gasteiger partial charge in [0.05, 0.1) is 6.61 Å². The van der Waals surface area contributed by atoms with Crippen LogP contribution in [0.4, 0.5) is 0 Å². The van der Waals surface area contributed by atoms with Gasteiger partial charge < -0.3 is 15.3 Å². The summed E-state index contributed by atoms with van der Waals surface area (Å²) in [5.41, 5.74) is 0.0155. The first-order valence-corrected chi connectivity index (χ1v) is 8.24. The predicted octanol–water partition coefficient (Wildman–Crippen LogP) is 2.14. The van der Waals surface area contributed by atoms with Gasteiger partial charge in [-0.3, -0.25) is 0 Å². The monoisotopic (exact) mass is 266 g/mol. The Morgan fingerprint density at radius 2 is 2.00 bits per heavy atom. The van der Waals surface area contributed by atoms with Crippen molar-refractivity contribution in [3.8, 4) is 0 Å². The summed E-state index contributed by atoms with van der Waals surface area (Å²) in [5, 5.41) is 13.6. The van der Waals surface area contributed by atoms with Crippen molar-refractivity contribution in [1.82, 2.24) is 10.2 Å². The lowest BCUT2D eigenvalue weighted by Gasteiger charge is -2.45. The van der Waals surface area contributed by atoms with Crippen LogP contribution in [0.5, 0.6) is 0 Å². The van der Waals surface area contributed by atoms with Gasteiger partial charge in [-0.15, -0.1) is 0 Å². The van der Waals surface area contributed by atoms with Crippen LogP contribution in [0.1, 0.15) is 58.3 Å². The Morgan fingerprint density at radius 3 is 2.58 bits per heavy atom. The zero-order valence-corrected chi connectivity index (χ0v) is 12.6. The van der Waals surface area contributed by atoms with Crippen molar-refractivity contribution >= 4 is 0 Å². The summed E-state index contributed by atoms with van der Waals surface area (Å²) in [7, 11) is 2.30. The first kappa shape index (κ1) is 13.8. The average Bonchev–Trinajstić information content (AvgIpc) is 3.30. The Balaban J connectivity index is 1.61. The van der Waals surface area contributed by atoms with E-state index in [0.29, 0.717) is 18.7 Å². The molecule has 0 radical (unpaired) electrons. The van der Waals surface area contributed by atoms with Crippen molar-refractivity contribution in [3.05, 3.63) is 0 Å². The van der Waals surface area contributed by atoms with E-state index in [2.05, 4.69) is 24.2 Å². The van der Waals surface area contributed by atoms with Crippen LogP contribution in [0.3, 0.4) is 0 Å². The van der Waals surface area contributed by atoms with E-state index in [0.717, 1.165) is 24.8 Å². The summed E-state index contributed by atoms with van der Waals surface area (Å²) < 4.78 is 0. The summed E-state index contributed by atoms with van der Waals surface area (Å²) in [6, 6.07) is 2.07. The van der Waals surface area contributed by atoms with E-state index in [1.54, 1.807) is 0 Å². The smallest absolute Gasteiger partial charge is 0.0613 e. The molecular weight excluding hydrogens is 236 g/mol. The molecule has 0 aliphatic heterocycles. The highest BCUT2D eigenvalue weighted by molar-refractivity contribution is 5.01. The van der Waals surface area contributed by atoms with E-state index in [9.17, 15) is 5.11 Å². The molecule has 0 aromatic heterocycles. The van der Waals surface area contributed by atoms with Crippen molar-refractivity contribution in [2.24, 2.45) is 5.92 Å². The van der Waals surface area contributed by atoms with Gasteiger partial charge in [0.15, 0.2) is 0 Å². The topological polar surface area (TPSA) is 35.5 Å². The molecule has 0 spiro atoms. The summed E-state index contributed by atoms with van der Waals surface area (Å²) in [6.07, 6.45) is 10.3. The van der Waals surface area contributed by atoms with Crippen LogP contribution in [0, 0.1) is 5.92 Å². The second-order valence-electron chi connectivity index (χ2n) is 7.35. The van der Waals surface area contributed by atoms with Crippen LogP contribution < -0.4 is 5.32 Å². The van der Waals surface area contributed by atoms with Crippen LogP contribution in [-0.4, -0.2) is 47.3 Å². The molecular formula is C16H30N2O. The fourth-order valence-corrected chi connectivity index (χ4v) is 3.90. The van der Waals surface area contributed by atoms with Crippen LogP contribution in [0.2, 0.25) is 0 Å². The highest BCUT2D eigenvalue weighted by Gasteiger charge is 2.42. The molecule has 19 heavy (non-hydrogen) atoms. The van der Waals surface area contributed by atoms with E-state index in [1.807, 2.05) is 0 Å². The largest absolute Gasteiger partial charge is 0.394 e. The quantitative estimate of drug-likeness (QED) is 0.773. The summed E-state index contributed by atoms with van der Waals surface area (Å²) in [6.45, 7) is 2.70. The summed E-state index contributed by atoms with van der Waals surface area (Å²) in [4.78, 5) is 2.61. The van der Waals surface area contributed by atoms with Crippen molar-refractivity contribution in [1.29, 1.82) is 0 Å². The van der Waals surface area contributed by atoms with Gasteiger partial charge >= 0.3 is 0 Å². The standard InChI is InChI=1S/C16H30N2O/c1-12(13-5-6-13)18(2)15-4-3-9-16(10-15,11-19)17-14-7-8-14/h12-15,17,19H,3-11H2,1-2H3. The molecule has 3 heteroatoms. The van der Waals surface area contributed by atoms with E-state index >= 15 is 0 Å². The number of aliphatic hydroxyl groups excluding tert-OH is 1. The molecule has 3 rings (SSSR count). The predicted molar refractivity (Wildman–Crippen MR) is 78.2 cm³/mol. The number of nitrogens with one attached hydrogen (secondary N) is 1. The molecule has 3 atom stereocenters. The maximum Gasteiger partial charge on any atom is 0.0613 e. The van der Waals surface area contributed by atoms with E-state index < -0.39 is 0 Å². The van der Waals surface area contributed by atoms with Crippen LogP contribution in [-0.2, 0) is 0 Å². The second kappa shape index (κ2) is 5.34. The molecule has 0 aromatic rings. The number of rotatable bonds is 6. The van der Waals surface area contributed by atoms with Gasteiger partial charge in [-0.1, -0.05) is 0 Å². The Bertz CT molecular complexity index is 314. The number of aliphatic hydroxyl groups is 1. The average molecular weight is 266 g/mol. The van der Waals surface area contributed by atoms with E-state index in [-0.39, 0.29) is 5.54 Å². The highest BCUT2D eigenvalue weighted by atomic mass is 16.3. The summed E-state index contributed by atoms with van der Waals surface area (Å²) >= 11 is 0. The minimum atomic E-state index is 0.0155. The first-order chi connectivity index (χ1) is 9.13. The maximum absolute atomic E-state index is 9.90. The van der Waals surface area contributed by atoms with Crippen molar-refractivity contribution in [3.63, 3.8) is 0 Å². The molecule has 2 N–H and O–H groups in total. The Morgan fingerprint density at radius 1 is 1.26 bits per heavy atom. The minimum Gasteiger partial charge on any atom is -0.394 e. The first-order valence-electron chi connectivity index (χ1n) is 8.24. The molecule has 3 saturated carbocycles. The molecule has 0 aromatic carbocycles. The number of hydrogen-bond acceptors (Lipinski definition) is 3. The second-order valence-corrected chi connectivity index (χ2v) is 7.35. The van der Waals surface area contributed by atoms with Crippen molar-refractivity contribution in [2.75, 3.05) is 13.7 Å². The van der Waals surface area contributed by atoms with Gasteiger partial charge in [-0.2, -0.15) is 0 Å². The lowest BCUT2D eigenvalue weighted by atomic mass is 9.78. The number of hydrogen-bond donors (Lipinski definition) is 2. The molecule has 3 aliphatic carbocycles. The van der Waals surface area contributed by atoms with Crippen molar-refractivity contribution in [2.45, 2.75) is 82.0 Å². The fraction of sp³-hybridized carbons (Fsp3) is 1.00. The highest BCUT2D eigenvalue weighted by Crippen LogP contribution is 2.39. The zero-order chi connectivity index (χ0) is 13.5. The number of nitrogens with zero attached hydrogens (tertiary/aromatic N) is 1. The molecule has 110 valence electrons. The van der Waals surface area contributed by atoms with Crippen LogP contribution in [0.25, 0.3) is 0 Å². The van der Waals surface area contributed by atoms with E-state index in [4.69, 9.17) is 0 Å². The lowest BCUT2D eigenvalue weighted by Crippen LogP contribution is -2.57. The molecule has 0 bridgehead atoms. The van der Waals surface area contributed by atoms with Gasteiger partial charge in [0.1, 0.15) is 0 Å². The molecule has 3 fully saturated rings. The van der Waals surface area contributed by atoms with Crippen LogP contribution in [0.15, 0.2) is 0 Å². The normalized spacial score (nSPS) is 37.6. The molecule has 3 aliphatic rings. The maximum atomic E-state index is 9.90. The zero-order valence-electron chi connectivity index (χ0n) is 12.6. The van der Waals surface area contributed by atoms with Gasteiger partial charge in [0.25, 0.3) is 0 Å². The Kier molecular flexibility index (Phi) is 3.89. The van der Waals surface area contributed by atoms with Crippen LogP contribution >= 0.6 is 0 Å². The molecule has 0 saturated heterocycles. The third-order valence-corrected chi connectivity index (χ3v) is 5.73. The molecule has 3 nitrogen and oxygen atoms in total. The third kappa shape index (κ3) is 3.14. The van der Waals surface area contributed by atoms with Gasteiger partial charge in [0.2, 0.25) is 0 Å². The minimum absolute atomic E-state index is 0.0155. The van der Waals surface area contributed by atoms with E-state index in [1.165, 1.54) is 38.5 Å². The SMILES string of the molecule is CC(C1CC1)N(C)C1CCCC(CO)(NC2CC2)C1. The molecule has 0 heterocycles. The fourth-order valence-electron chi connectivity index (χ4n) is 3.90. The lowest BCUT2D eigenvalue weighted by molar-refractivity contribution is 0.0503. The molecule has 3 unspecified atom stereocenters. The Hall–Kier alpha value is -0.120. The van der Waals surface area contributed by atoms with Crippen molar-refractivity contribution < 1.29 is 5.11 Å².